The fourth-order valence-corrected chi connectivity index (χ4v) is 3.12. The molecule has 2 aliphatic rings. The standard InChI is InChI=1S/C16H29N3O3/c1-2-7-17-16(21)13-4-3-8-19(11-13)12-15(20)18-14-5-9-22-10-6-14/h13-14H,2-12H2,1H3,(H,17,21)(H,18,20). The summed E-state index contributed by atoms with van der Waals surface area (Å²) in [6.07, 6.45) is 4.65. The number of nitrogens with one attached hydrogen (secondary N) is 2. The van der Waals surface area contributed by atoms with Gasteiger partial charge < -0.3 is 15.4 Å². The first-order valence-electron chi connectivity index (χ1n) is 8.56. The largest absolute Gasteiger partial charge is 0.381 e. The molecule has 0 aliphatic carbocycles. The molecular weight excluding hydrogens is 282 g/mol. The molecular formula is C16H29N3O3. The summed E-state index contributed by atoms with van der Waals surface area (Å²) in [5.41, 5.74) is 0. The fraction of sp³-hybridized carbons (Fsp3) is 0.875. The number of nitrogens with zero attached hydrogens (tertiary/aromatic N) is 1. The van der Waals surface area contributed by atoms with Crippen LogP contribution in [0.4, 0.5) is 0 Å². The topological polar surface area (TPSA) is 70.7 Å². The molecule has 2 fully saturated rings. The number of piperidine rings is 1. The van der Waals surface area contributed by atoms with Crippen molar-refractivity contribution in [3.05, 3.63) is 0 Å². The molecule has 0 bridgehead atoms. The third kappa shape index (κ3) is 5.57. The average molecular weight is 311 g/mol. The van der Waals surface area contributed by atoms with E-state index in [1.54, 1.807) is 0 Å². The first-order chi connectivity index (χ1) is 10.7. The summed E-state index contributed by atoms with van der Waals surface area (Å²) < 4.78 is 5.30. The van der Waals surface area contributed by atoms with E-state index in [0.29, 0.717) is 13.1 Å². The second-order valence-corrected chi connectivity index (χ2v) is 6.32. The number of carbonyl (C=O) groups is 2. The number of hydrogen-bond acceptors (Lipinski definition) is 4. The van der Waals surface area contributed by atoms with E-state index in [2.05, 4.69) is 15.5 Å². The lowest BCUT2D eigenvalue weighted by molar-refractivity contribution is -0.129. The fourth-order valence-electron chi connectivity index (χ4n) is 3.12. The zero-order valence-corrected chi connectivity index (χ0v) is 13.6. The van der Waals surface area contributed by atoms with Crippen LogP contribution in [-0.4, -0.2) is 62.1 Å². The van der Waals surface area contributed by atoms with Crippen molar-refractivity contribution in [3.8, 4) is 0 Å². The van der Waals surface area contributed by atoms with Crippen LogP contribution in [0.5, 0.6) is 0 Å². The van der Waals surface area contributed by atoms with Gasteiger partial charge in [0.25, 0.3) is 0 Å². The zero-order chi connectivity index (χ0) is 15.8. The molecule has 0 spiro atoms. The van der Waals surface area contributed by atoms with Gasteiger partial charge in [0.15, 0.2) is 0 Å². The molecule has 2 rings (SSSR count). The minimum absolute atomic E-state index is 0.0242. The second-order valence-electron chi connectivity index (χ2n) is 6.32. The van der Waals surface area contributed by atoms with Crippen molar-refractivity contribution in [3.63, 3.8) is 0 Å². The minimum Gasteiger partial charge on any atom is -0.381 e. The van der Waals surface area contributed by atoms with Crippen molar-refractivity contribution in [2.75, 3.05) is 39.4 Å². The van der Waals surface area contributed by atoms with E-state index >= 15 is 0 Å². The summed E-state index contributed by atoms with van der Waals surface area (Å²) in [6.45, 7) is 6.24. The Morgan fingerprint density at radius 1 is 1.23 bits per heavy atom. The summed E-state index contributed by atoms with van der Waals surface area (Å²) in [7, 11) is 0. The van der Waals surface area contributed by atoms with Gasteiger partial charge in [0.05, 0.1) is 12.5 Å². The molecule has 2 N–H and O–H groups in total. The Morgan fingerprint density at radius 2 is 2.00 bits per heavy atom. The third-order valence-electron chi connectivity index (χ3n) is 4.38. The van der Waals surface area contributed by atoms with Crippen molar-refractivity contribution < 1.29 is 14.3 Å². The second kappa shape index (κ2) is 9.10. The smallest absolute Gasteiger partial charge is 0.234 e. The van der Waals surface area contributed by atoms with Crippen LogP contribution in [0.2, 0.25) is 0 Å². The molecule has 2 heterocycles. The van der Waals surface area contributed by atoms with Gasteiger partial charge in [-0.15, -0.1) is 0 Å². The monoisotopic (exact) mass is 311 g/mol. The van der Waals surface area contributed by atoms with E-state index in [0.717, 1.165) is 58.4 Å². The molecule has 1 atom stereocenters. The van der Waals surface area contributed by atoms with Crippen molar-refractivity contribution in [1.82, 2.24) is 15.5 Å². The Bertz CT molecular complexity index is 370. The molecule has 0 aromatic heterocycles. The molecule has 6 nitrogen and oxygen atoms in total. The number of likely N-dealkylation sites (tertiary alicyclic amines) is 1. The van der Waals surface area contributed by atoms with Gasteiger partial charge in [0.2, 0.25) is 11.8 Å². The van der Waals surface area contributed by atoms with Gasteiger partial charge in [-0.1, -0.05) is 6.92 Å². The maximum atomic E-state index is 12.1. The van der Waals surface area contributed by atoms with Gasteiger partial charge in [-0.05, 0) is 38.6 Å². The third-order valence-corrected chi connectivity index (χ3v) is 4.38. The Kier molecular flexibility index (Phi) is 7.12. The lowest BCUT2D eigenvalue weighted by Crippen LogP contribution is -2.48. The number of carbonyl (C=O) groups excluding carboxylic acids is 2. The van der Waals surface area contributed by atoms with E-state index in [1.165, 1.54) is 0 Å². The number of hydrogen-bond donors (Lipinski definition) is 2. The van der Waals surface area contributed by atoms with Crippen LogP contribution < -0.4 is 10.6 Å². The first-order valence-corrected chi connectivity index (χ1v) is 8.56. The molecule has 22 heavy (non-hydrogen) atoms. The van der Waals surface area contributed by atoms with E-state index < -0.39 is 0 Å². The molecule has 0 aromatic rings. The van der Waals surface area contributed by atoms with Gasteiger partial charge >= 0.3 is 0 Å². The van der Waals surface area contributed by atoms with Crippen molar-refractivity contribution >= 4 is 11.8 Å². The zero-order valence-electron chi connectivity index (χ0n) is 13.6. The summed E-state index contributed by atoms with van der Waals surface area (Å²) in [4.78, 5) is 26.3. The summed E-state index contributed by atoms with van der Waals surface area (Å²) in [6, 6.07) is 0.245. The Labute approximate surface area is 132 Å². The number of rotatable bonds is 6. The highest BCUT2D eigenvalue weighted by atomic mass is 16.5. The molecule has 6 heteroatoms. The predicted octanol–water partition coefficient (Wildman–Crippen LogP) is 0.520. The predicted molar refractivity (Wildman–Crippen MR) is 84.4 cm³/mol. The van der Waals surface area contributed by atoms with Crippen LogP contribution in [0.3, 0.4) is 0 Å². The number of amides is 2. The first kappa shape index (κ1) is 17.2. The summed E-state index contributed by atoms with van der Waals surface area (Å²) in [5, 5.41) is 6.04. The molecule has 2 amide bonds. The SMILES string of the molecule is CCCNC(=O)C1CCCN(CC(=O)NC2CCOCC2)C1. The van der Waals surface area contributed by atoms with Crippen LogP contribution in [0, 0.1) is 5.92 Å². The molecule has 126 valence electrons. The molecule has 0 saturated carbocycles. The molecule has 1 unspecified atom stereocenters. The maximum Gasteiger partial charge on any atom is 0.234 e. The lowest BCUT2D eigenvalue weighted by Gasteiger charge is -2.32. The van der Waals surface area contributed by atoms with Gasteiger partial charge in [-0.2, -0.15) is 0 Å². The van der Waals surface area contributed by atoms with Crippen LogP contribution >= 0.6 is 0 Å². The maximum absolute atomic E-state index is 12.1. The van der Waals surface area contributed by atoms with Crippen LogP contribution in [0.1, 0.15) is 39.0 Å². The minimum atomic E-state index is 0.0242. The highest BCUT2D eigenvalue weighted by molar-refractivity contribution is 5.80. The van der Waals surface area contributed by atoms with Crippen LogP contribution in [0.15, 0.2) is 0 Å². The highest BCUT2D eigenvalue weighted by Crippen LogP contribution is 2.16. The van der Waals surface area contributed by atoms with Gasteiger partial charge in [-0.25, -0.2) is 0 Å². The lowest BCUT2D eigenvalue weighted by atomic mass is 9.97. The molecule has 0 radical (unpaired) electrons. The van der Waals surface area contributed by atoms with Gasteiger partial charge in [0.1, 0.15) is 0 Å². The summed E-state index contributed by atoms with van der Waals surface area (Å²) >= 11 is 0. The van der Waals surface area contributed by atoms with Gasteiger partial charge in [0, 0.05) is 32.3 Å². The van der Waals surface area contributed by atoms with Crippen molar-refractivity contribution in [2.24, 2.45) is 5.92 Å². The van der Waals surface area contributed by atoms with E-state index in [1.807, 2.05) is 6.92 Å². The normalized spacial score (nSPS) is 24.0. The number of ether oxygens (including phenoxy) is 1. The van der Waals surface area contributed by atoms with E-state index in [4.69, 9.17) is 4.74 Å². The molecule has 0 aromatic carbocycles. The molecule has 2 saturated heterocycles. The van der Waals surface area contributed by atoms with E-state index in [-0.39, 0.29) is 23.8 Å². The van der Waals surface area contributed by atoms with E-state index in [9.17, 15) is 9.59 Å². The highest BCUT2D eigenvalue weighted by Gasteiger charge is 2.27. The Balaban J connectivity index is 1.72. The summed E-state index contributed by atoms with van der Waals surface area (Å²) in [5.74, 6) is 0.231. The Morgan fingerprint density at radius 3 is 2.73 bits per heavy atom. The van der Waals surface area contributed by atoms with Crippen molar-refractivity contribution in [2.45, 2.75) is 45.1 Å². The van der Waals surface area contributed by atoms with Gasteiger partial charge in [-0.3, -0.25) is 14.5 Å². The quantitative estimate of drug-likeness (QED) is 0.750. The van der Waals surface area contributed by atoms with Crippen molar-refractivity contribution in [1.29, 1.82) is 0 Å². The molecule has 2 aliphatic heterocycles. The van der Waals surface area contributed by atoms with Crippen LogP contribution in [0.25, 0.3) is 0 Å². The Hall–Kier alpha value is -1.14. The van der Waals surface area contributed by atoms with Crippen LogP contribution in [-0.2, 0) is 14.3 Å². The average Bonchev–Trinajstić information content (AvgIpc) is 2.53.